The molecule has 0 bridgehead atoms. The zero-order valence-electron chi connectivity index (χ0n) is 19.0. The summed E-state index contributed by atoms with van der Waals surface area (Å²) in [6.07, 6.45) is 7.91. The summed E-state index contributed by atoms with van der Waals surface area (Å²) in [5, 5.41) is 16.1. The van der Waals surface area contributed by atoms with Crippen LogP contribution >= 0.6 is 11.3 Å². The molecule has 2 aromatic carbocycles. The quantitative estimate of drug-likeness (QED) is 0.320. The van der Waals surface area contributed by atoms with Crippen molar-refractivity contribution >= 4 is 49.9 Å². The third-order valence-electron chi connectivity index (χ3n) is 7.36. The number of H-pyrrole nitrogens is 1. The molecule has 0 aliphatic heterocycles. The van der Waals surface area contributed by atoms with Crippen LogP contribution < -0.4 is 10.6 Å². The van der Waals surface area contributed by atoms with Crippen molar-refractivity contribution in [2.45, 2.75) is 37.6 Å². The summed E-state index contributed by atoms with van der Waals surface area (Å²) >= 11 is 1.69. The summed E-state index contributed by atoms with van der Waals surface area (Å²) < 4.78 is 0. The highest BCUT2D eigenvalue weighted by molar-refractivity contribution is 7.19. The minimum atomic E-state index is -0.169. The number of benzene rings is 2. The normalized spacial score (nSPS) is 18.3. The van der Waals surface area contributed by atoms with E-state index in [2.05, 4.69) is 49.0 Å². The molecule has 174 valence electrons. The maximum absolute atomic E-state index is 13.3. The highest BCUT2D eigenvalue weighted by Gasteiger charge is 2.46. The van der Waals surface area contributed by atoms with Crippen LogP contribution in [0, 0.1) is 5.92 Å². The zero-order valence-corrected chi connectivity index (χ0v) is 19.9. The lowest BCUT2D eigenvalue weighted by Gasteiger charge is -2.25. The van der Waals surface area contributed by atoms with Crippen molar-refractivity contribution in [2.24, 2.45) is 5.92 Å². The first-order chi connectivity index (χ1) is 17.2. The van der Waals surface area contributed by atoms with Crippen LogP contribution in [0.4, 0.5) is 11.5 Å². The number of amides is 1. The minimum Gasteiger partial charge on any atom is -0.346 e. The number of aromatic amines is 1. The average molecular weight is 481 g/mol. The molecule has 5 aromatic rings. The Bertz CT molecular complexity index is 1570. The lowest BCUT2D eigenvalue weighted by atomic mass is 9.86. The molecule has 1 unspecified atom stereocenters. The number of carbonyl (C=O) groups excluding carboxylic acids is 1. The molecule has 3 N–H and O–H groups in total. The van der Waals surface area contributed by atoms with Gasteiger partial charge in [-0.3, -0.25) is 9.89 Å². The molecule has 0 radical (unpaired) electrons. The maximum atomic E-state index is 13.3. The van der Waals surface area contributed by atoms with Crippen molar-refractivity contribution in [1.29, 1.82) is 0 Å². The zero-order chi connectivity index (χ0) is 23.4. The van der Waals surface area contributed by atoms with Crippen LogP contribution in [-0.2, 0) is 23.2 Å². The molecule has 0 spiro atoms. The van der Waals surface area contributed by atoms with Gasteiger partial charge >= 0.3 is 0 Å². The van der Waals surface area contributed by atoms with Crippen molar-refractivity contribution in [1.82, 2.24) is 25.5 Å². The van der Waals surface area contributed by atoms with E-state index in [-0.39, 0.29) is 17.4 Å². The lowest BCUT2D eigenvalue weighted by Crippen LogP contribution is -2.40. The summed E-state index contributed by atoms with van der Waals surface area (Å²) in [6, 6.07) is 16.5. The van der Waals surface area contributed by atoms with Gasteiger partial charge in [-0.25, -0.2) is 9.97 Å². The Balaban J connectivity index is 1.14. The van der Waals surface area contributed by atoms with Crippen molar-refractivity contribution in [3.05, 3.63) is 77.1 Å². The molecule has 8 heteroatoms. The summed E-state index contributed by atoms with van der Waals surface area (Å²) in [5.74, 6) is 0.983. The standard InChI is InChI=1S/C27H24N6OS/c34-25(32-27(10-11-27)18-4-2-1-3-5-18)16-6-8-20-22(13-16)35-26-23(20)24(28-15-29-26)31-19-7-9-21-17(12-19)14-30-33-21/h1-5,7,9,12,14-16H,6,8,10-11,13H2,(H,30,33)(H,32,34)(H,28,29,31). The number of rotatable bonds is 5. The van der Waals surface area contributed by atoms with Crippen LogP contribution in [0.5, 0.6) is 0 Å². The summed E-state index contributed by atoms with van der Waals surface area (Å²) in [5.41, 5.74) is 4.29. The van der Waals surface area contributed by atoms with Gasteiger partial charge in [0, 0.05) is 21.9 Å². The first-order valence-corrected chi connectivity index (χ1v) is 12.8. The second-order valence-corrected chi connectivity index (χ2v) is 10.7. The van der Waals surface area contributed by atoms with E-state index in [1.165, 1.54) is 16.0 Å². The summed E-state index contributed by atoms with van der Waals surface area (Å²) in [4.78, 5) is 24.7. The molecule has 7 nitrogen and oxygen atoms in total. The molecule has 35 heavy (non-hydrogen) atoms. The molecule has 7 rings (SSSR count). The monoisotopic (exact) mass is 480 g/mol. The molecule has 1 amide bonds. The van der Waals surface area contributed by atoms with Crippen molar-refractivity contribution in [2.75, 3.05) is 5.32 Å². The molecule has 1 atom stereocenters. The van der Waals surface area contributed by atoms with Gasteiger partial charge in [0.15, 0.2) is 0 Å². The minimum absolute atomic E-state index is 0.00961. The Morgan fingerprint density at radius 3 is 2.86 bits per heavy atom. The van der Waals surface area contributed by atoms with Crippen LogP contribution in [0.2, 0.25) is 0 Å². The molecule has 3 aromatic heterocycles. The molecule has 2 aliphatic carbocycles. The highest BCUT2D eigenvalue weighted by atomic mass is 32.1. The number of nitrogens with one attached hydrogen (secondary N) is 3. The Hall–Kier alpha value is -3.78. The van der Waals surface area contributed by atoms with E-state index in [0.29, 0.717) is 0 Å². The Morgan fingerprint density at radius 1 is 1.11 bits per heavy atom. The van der Waals surface area contributed by atoms with E-state index in [9.17, 15) is 4.79 Å². The third-order valence-corrected chi connectivity index (χ3v) is 8.52. The van der Waals surface area contributed by atoms with Crippen LogP contribution in [0.25, 0.3) is 21.1 Å². The van der Waals surface area contributed by atoms with Gasteiger partial charge in [0.25, 0.3) is 0 Å². The van der Waals surface area contributed by atoms with E-state index in [4.69, 9.17) is 0 Å². The van der Waals surface area contributed by atoms with Crippen molar-refractivity contribution < 1.29 is 4.79 Å². The fourth-order valence-corrected chi connectivity index (χ4v) is 6.56. The van der Waals surface area contributed by atoms with Gasteiger partial charge in [-0.1, -0.05) is 30.3 Å². The number of hydrogen-bond donors (Lipinski definition) is 3. The van der Waals surface area contributed by atoms with Crippen LogP contribution in [0.15, 0.2) is 61.1 Å². The number of carbonyl (C=O) groups is 1. The van der Waals surface area contributed by atoms with Gasteiger partial charge in [-0.2, -0.15) is 5.10 Å². The van der Waals surface area contributed by atoms with Gasteiger partial charge in [0.2, 0.25) is 5.91 Å². The Labute approximate surface area is 206 Å². The molecule has 2 aliphatic rings. The highest BCUT2D eigenvalue weighted by Crippen LogP contribution is 2.46. The fourth-order valence-electron chi connectivity index (χ4n) is 5.29. The summed E-state index contributed by atoms with van der Waals surface area (Å²) in [7, 11) is 0. The number of aryl methyl sites for hydroxylation is 1. The van der Waals surface area contributed by atoms with E-state index in [1.807, 2.05) is 36.5 Å². The molecule has 0 saturated heterocycles. The van der Waals surface area contributed by atoms with Crippen molar-refractivity contribution in [3.63, 3.8) is 0 Å². The van der Waals surface area contributed by atoms with Crippen LogP contribution in [-0.4, -0.2) is 26.1 Å². The predicted molar refractivity (Wildman–Crippen MR) is 138 cm³/mol. The number of thiophene rings is 1. The third kappa shape index (κ3) is 3.56. The Morgan fingerprint density at radius 2 is 2.00 bits per heavy atom. The molecule has 1 fully saturated rings. The number of fused-ring (bicyclic) bond motifs is 4. The van der Waals surface area contributed by atoms with E-state index in [0.717, 1.165) is 64.7 Å². The largest absolute Gasteiger partial charge is 0.346 e. The van der Waals surface area contributed by atoms with Gasteiger partial charge < -0.3 is 10.6 Å². The average Bonchev–Trinajstić information content (AvgIpc) is 3.34. The number of aromatic nitrogens is 4. The van der Waals surface area contributed by atoms with Crippen LogP contribution in [0.1, 0.15) is 35.3 Å². The smallest absolute Gasteiger partial charge is 0.224 e. The molecule has 3 heterocycles. The first-order valence-electron chi connectivity index (χ1n) is 12.0. The first kappa shape index (κ1) is 20.6. The van der Waals surface area contributed by atoms with E-state index < -0.39 is 0 Å². The second kappa shape index (κ2) is 7.88. The maximum Gasteiger partial charge on any atom is 0.224 e. The van der Waals surface area contributed by atoms with E-state index in [1.54, 1.807) is 17.7 Å². The topological polar surface area (TPSA) is 95.6 Å². The molecular formula is C27H24N6OS. The number of nitrogens with zero attached hydrogens (tertiary/aromatic N) is 3. The Kier molecular flexibility index (Phi) is 4.63. The fraction of sp³-hybridized carbons (Fsp3) is 0.259. The molecule has 1 saturated carbocycles. The SMILES string of the molecule is O=C(NC1(c2ccccc2)CC1)C1CCc2c(sc3ncnc(Nc4ccc5[nH]ncc5c4)c23)C1. The number of anilines is 2. The van der Waals surface area contributed by atoms with Crippen molar-refractivity contribution in [3.8, 4) is 0 Å². The van der Waals surface area contributed by atoms with Crippen LogP contribution in [0.3, 0.4) is 0 Å². The number of hydrogen-bond acceptors (Lipinski definition) is 6. The lowest BCUT2D eigenvalue weighted by molar-refractivity contribution is -0.126. The summed E-state index contributed by atoms with van der Waals surface area (Å²) in [6.45, 7) is 0. The van der Waals surface area contributed by atoms with E-state index >= 15 is 0 Å². The molecular weight excluding hydrogens is 456 g/mol. The predicted octanol–water partition coefficient (Wildman–Crippen LogP) is 5.22. The van der Waals surface area contributed by atoms with Gasteiger partial charge in [-0.05, 0) is 61.4 Å². The van der Waals surface area contributed by atoms with Gasteiger partial charge in [0.05, 0.1) is 22.6 Å². The second-order valence-electron chi connectivity index (χ2n) is 9.58. The van der Waals surface area contributed by atoms with Gasteiger partial charge in [-0.15, -0.1) is 11.3 Å². The van der Waals surface area contributed by atoms with Gasteiger partial charge in [0.1, 0.15) is 17.0 Å².